The van der Waals surface area contributed by atoms with E-state index in [0.717, 1.165) is 35.5 Å². The van der Waals surface area contributed by atoms with Gasteiger partial charge in [0, 0.05) is 0 Å². The first-order valence-corrected chi connectivity index (χ1v) is 15.7. The van der Waals surface area contributed by atoms with Gasteiger partial charge in [-0.05, 0) is 61.2 Å². The standard InChI is InChI=1S/2C10H18.2C6H12/c2*1-8-6-9-4-2-3-5-10(9)7-8;2*1-2-4-6-5-3-1/h2*8-10H,2-7H2,1H3;2*1-6H2. The van der Waals surface area contributed by atoms with Gasteiger partial charge in [0.15, 0.2) is 0 Å². The summed E-state index contributed by atoms with van der Waals surface area (Å²) in [6.45, 7) is 4.86. The van der Waals surface area contributed by atoms with Crippen LogP contribution in [0.1, 0.15) is 168 Å². The molecular formula is C32H60. The summed E-state index contributed by atoms with van der Waals surface area (Å²) >= 11 is 0. The molecule has 0 aliphatic heterocycles. The average Bonchev–Trinajstić information content (AvgIpc) is 3.43. The summed E-state index contributed by atoms with van der Waals surface area (Å²) in [7, 11) is 0. The second kappa shape index (κ2) is 15.8. The number of hydrogen-bond acceptors (Lipinski definition) is 0. The Balaban J connectivity index is 0.000000124. The van der Waals surface area contributed by atoms with Crippen LogP contribution in [0.2, 0.25) is 0 Å². The van der Waals surface area contributed by atoms with Gasteiger partial charge in [0.25, 0.3) is 0 Å². The van der Waals surface area contributed by atoms with Crippen LogP contribution in [0.5, 0.6) is 0 Å². The summed E-state index contributed by atoms with van der Waals surface area (Å²) in [5.74, 6) is 6.67. The molecule has 6 saturated carbocycles. The van der Waals surface area contributed by atoms with Gasteiger partial charge in [-0.2, -0.15) is 0 Å². The highest BCUT2D eigenvalue weighted by Gasteiger charge is 2.33. The molecule has 6 rings (SSSR count). The minimum atomic E-state index is 1.05. The molecule has 4 atom stereocenters. The lowest BCUT2D eigenvalue weighted by atomic mass is 9.82. The number of hydrogen-bond donors (Lipinski definition) is 0. The second-order valence-electron chi connectivity index (χ2n) is 13.0. The molecule has 0 amide bonds. The van der Waals surface area contributed by atoms with Crippen LogP contribution in [0.25, 0.3) is 0 Å². The van der Waals surface area contributed by atoms with E-state index < -0.39 is 0 Å². The van der Waals surface area contributed by atoms with E-state index >= 15 is 0 Å². The zero-order chi connectivity index (χ0) is 22.4. The Morgan fingerprint density at radius 3 is 0.656 bits per heavy atom. The Bertz CT molecular complexity index is 352. The van der Waals surface area contributed by atoms with Crippen molar-refractivity contribution in [3.8, 4) is 0 Å². The molecule has 0 nitrogen and oxygen atoms in total. The third-order valence-electron chi connectivity index (χ3n) is 9.95. The molecule has 0 N–H and O–H groups in total. The lowest BCUT2D eigenvalue weighted by molar-refractivity contribution is 0.277. The van der Waals surface area contributed by atoms with Gasteiger partial charge in [-0.1, -0.05) is 142 Å². The van der Waals surface area contributed by atoms with Gasteiger partial charge in [0.05, 0.1) is 0 Å². The largest absolute Gasteiger partial charge is 0.0625 e. The van der Waals surface area contributed by atoms with Gasteiger partial charge in [0.1, 0.15) is 0 Å². The van der Waals surface area contributed by atoms with Gasteiger partial charge >= 0.3 is 0 Å². The van der Waals surface area contributed by atoms with Crippen LogP contribution in [0.4, 0.5) is 0 Å². The molecule has 6 aliphatic rings. The molecular weight excluding hydrogens is 384 g/mol. The third kappa shape index (κ3) is 10.1. The zero-order valence-electron chi connectivity index (χ0n) is 22.4. The molecule has 6 fully saturated rings. The summed E-state index contributed by atoms with van der Waals surface area (Å²) in [4.78, 5) is 0. The van der Waals surface area contributed by atoms with Crippen molar-refractivity contribution in [2.45, 2.75) is 168 Å². The smallest absolute Gasteiger partial charge is 0.0383 e. The van der Waals surface area contributed by atoms with Crippen LogP contribution in [-0.2, 0) is 0 Å². The molecule has 0 heterocycles. The lowest BCUT2D eigenvalue weighted by Gasteiger charge is -2.24. The molecule has 0 heteroatoms. The van der Waals surface area contributed by atoms with Crippen molar-refractivity contribution in [3.05, 3.63) is 0 Å². The lowest BCUT2D eigenvalue weighted by Crippen LogP contribution is -2.12. The summed E-state index contributed by atoms with van der Waals surface area (Å²) in [5.41, 5.74) is 0. The van der Waals surface area contributed by atoms with Crippen LogP contribution in [-0.4, -0.2) is 0 Å². The zero-order valence-corrected chi connectivity index (χ0v) is 22.4. The Hall–Kier alpha value is 0. The topological polar surface area (TPSA) is 0 Å². The van der Waals surface area contributed by atoms with Gasteiger partial charge in [-0.15, -0.1) is 0 Å². The monoisotopic (exact) mass is 444 g/mol. The maximum Gasteiger partial charge on any atom is -0.0383 e. The summed E-state index contributed by atoms with van der Waals surface area (Å²) in [5, 5.41) is 0. The first-order chi connectivity index (χ1) is 15.7. The summed E-state index contributed by atoms with van der Waals surface area (Å²) in [6, 6.07) is 0. The third-order valence-corrected chi connectivity index (χ3v) is 9.95. The molecule has 0 saturated heterocycles. The number of fused-ring (bicyclic) bond motifs is 2. The van der Waals surface area contributed by atoms with Crippen LogP contribution < -0.4 is 0 Å². The molecule has 0 aromatic heterocycles. The fourth-order valence-corrected chi connectivity index (χ4v) is 8.19. The van der Waals surface area contributed by atoms with Crippen LogP contribution in [0.15, 0.2) is 0 Å². The van der Waals surface area contributed by atoms with Crippen molar-refractivity contribution < 1.29 is 0 Å². The van der Waals surface area contributed by atoms with E-state index in [0.29, 0.717) is 0 Å². The first kappa shape index (κ1) is 26.6. The van der Waals surface area contributed by atoms with Crippen molar-refractivity contribution in [3.63, 3.8) is 0 Å². The van der Waals surface area contributed by atoms with Gasteiger partial charge in [0.2, 0.25) is 0 Å². The summed E-state index contributed by atoms with van der Waals surface area (Å²) in [6.07, 6.45) is 36.5. The maximum atomic E-state index is 2.43. The van der Waals surface area contributed by atoms with E-state index in [-0.39, 0.29) is 0 Å². The van der Waals surface area contributed by atoms with Crippen molar-refractivity contribution in [1.29, 1.82) is 0 Å². The van der Waals surface area contributed by atoms with Gasteiger partial charge in [-0.25, -0.2) is 0 Å². The van der Waals surface area contributed by atoms with E-state index in [2.05, 4.69) is 13.8 Å². The first-order valence-electron chi connectivity index (χ1n) is 15.7. The van der Waals surface area contributed by atoms with Gasteiger partial charge < -0.3 is 0 Å². The van der Waals surface area contributed by atoms with Crippen LogP contribution >= 0.6 is 0 Å². The van der Waals surface area contributed by atoms with Crippen LogP contribution in [0, 0.1) is 35.5 Å². The van der Waals surface area contributed by atoms with E-state index in [1.165, 1.54) is 103 Å². The fourth-order valence-electron chi connectivity index (χ4n) is 8.19. The highest BCUT2D eigenvalue weighted by atomic mass is 14.4. The molecule has 0 bridgehead atoms. The molecule has 0 spiro atoms. The van der Waals surface area contributed by atoms with Crippen molar-refractivity contribution in [1.82, 2.24) is 0 Å². The Morgan fingerprint density at radius 1 is 0.281 bits per heavy atom. The molecule has 0 aromatic carbocycles. The maximum absolute atomic E-state index is 2.43. The molecule has 4 unspecified atom stereocenters. The second-order valence-corrected chi connectivity index (χ2v) is 13.0. The van der Waals surface area contributed by atoms with Crippen LogP contribution in [0.3, 0.4) is 0 Å². The molecule has 32 heavy (non-hydrogen) atoms. The van der Waals surface area contributed by atoms with E-state index in [1.54, 1.807) is 51.4 Å². The Morgan fingerprint density at radius 2 is 0.469 bits per heavy atom. The van der Waals surface area contributed by atoms with E-state index in [9.17, 15) is 0 Å². The predicted molar refractivity (Wildman–Crippen MR) is 143 cm³/mol. The minimum absolute atomic E-state index is 1.05. The molecule has 0 aromatic rings. The Labute approximate surface area is 203 Å². The molecule has 6 aliphatic carbocycles. The molecule has 0 radical (unpaired) electrons. The average molecular weight is 445 g/mol. The summed E-state index contributed by atoms with van der Waals surface area (Å²) < 4.78 is 0. The molecule has 188 valence electrons. The van der Waals surface area contributed by atoms with Crippen molar-refractivity contribution >= 4 is 0 Å². The van der Waals surface area contributed by atoms with Gasteiger partial charge in [-0.3, -0.25) is 0 Å². The quantitative estimate of drug-likeness (QED) is 0.348. The fraction of sp³-hybridized carbons (Fsp3) is 1.00. The van der Waals surface area contributed by atoms with Crippen molar-refractivity contribution in [2.75, 3.05) is 0 Å². The Kier molecular flexibility index (Phi) is 13.1. The SMILES string of the molecule is C1CCCCC1.C1CCCCC1.CC1CC2CCCCC2C1.CC1CC2CCCCC2C1. The highest BCUT2D eigenvalue weighted by molar-refractivity contribution is 4.85. The predicted octanol–water partition coefficient (Wildman–Crippen LogP) is 11.1. The highest BCUT2D eigenvalue weighted by Crippen LogP contribution is 2.45. The van der Waals surface area contributed by atoms with E-state index in [4.69, 9.17) is 0 Å². The normalized spacial score (nSPS) is 38.4. The van der Waals surface area contributed by atoms with Crippen molar-refractivity contribution in [2.24, 2.45) is 35.5 Å². The van der Waals surface area contributed by atoms with E-state index in [1.807, 2.05) is 0 Å². The number of rotatable bonds is 0. The minimum Gasteiger partial charge on any atom is -0.0625 e.